The molecule has 38 heavy (non-hydrogen) atoms. The molecule has 2 aromatic heterocycles. The van der Waals surface area contributed by atoms with E-state index in [0.717, 1.165) is 12.7 Å². The average molecular weight is 547 g/mol. The molecule has 1 aliphatic heterocycles. The number of rotatable bonds is 5. The topological polar surface area (TPSA) is 160 Å². The summed E-state index contributed by atoms with van der Waals surface area (Å²) in [5.41, 5.74) is 0.906. The number of nitrogens with zero attached hydrogens (tertiary/aromatic N) is 3. The Hall–Kier alpha value is -3.74. The van der Waals surface area contributed by atoms with Gasteiger partial charge >= 0.3 is 17.9 Å². The van der Waals surface area contributed by atoms with Crippen LogP contribution in [0, 0.1) is 12.8 Å². The molecule has 0 bridgehead atoms. The highest BCUT2D eigenvalue weighted by atomic mass is 32.2. The lowest BCUT2D eigenvalue weighted by atomic mass is 9.90. The third-order valence-electron chi connectivity index (χ3n) is 5.69. The minimum atomic E-state index is -3.47. The predicted molar refractivity (Wildman–Crippen MR) is 143 cm³/mol. The van der Waals surface area contributed by atoms with E-state index >= 15 is 0 Å². The van der Waals surface area contributed by atoms with Crippen LogP contribution >= 0.6 is 0 Å². The number of amides is 3. The Bertz CT molecular complexity index is 1310. The van der Waals surface area contributed by atoms with Crippen LogP contribution < -0.4 is 15.4 Å². The zero-order valence-electron chi connectivity index (χ0n) is 22.4. The highest BCUT2D eigenvalue weighted by molar-refractivity contribution is 7.92. The van der Waals surface area contributed by atoms with Gasteiger partial charge in [-0.3, -0.25) is 19.6 Å². The van der Waals surface area contributed by atoms with Crippen molar-refractivity contribution in [2.24, 2.45) is 5.92 Å². The third-order valence-corrected chi connectivity index (χ3v) is 6.27. The van der Waals surface area contributed by atoms with Gasteiger partial charge in [0.1, 0.15) is 17.2 Å². The lowest BCUT2D eigenvalue weighted by Gasteiger charge is -2.38. The summed E-state index contributed by atoms with van der Waals surface area (Å²) in [6, 6.07) is 4.43. The van der Waals surface area contributed by atoms with Crippen LogP contribution in [0.1, 0.15) is 57.7 Å². The Morgan fingerprint density at radius 2 is 1.79 bits per heavy atom. The summed E-state index contributed by atoms with van der Waals surface area (Å²) in [5, 5.41) is 5.15. The number of aromatic nitrogens is 2. The van der Waals surface area contributed by atoms with Crippen molar-refractivity contribution in [3.63, 3.8) is 0 Å². The van der Waals surface area contributed by atoms with E-state index in [4.69, 9.17) is 4.74 Å². The lowest BCUT2D eigenvalue weighted by molar-refractivity contribution is -0.146. The van der Waals surface area contributed by atoms with Gasteiger partial charge < -0.3 is 15.0 Å². The summed E-state index contributed by atoms with van der Waals surface area (Å²) in [4.78, 5) is 48.0. The van der Waals surface area contributed by atoms with Crippen LogP contribution in [0.3, 0.4) is 0 Å². The SMILES string of the molecule is Cc1cc(NC(=O)C(=O)N2CC(C)CCC2c2ccc(NS(C)(=O)=O)nc2)cnc1NC(=O)OC(C)(C)C. The van der Waals surface area contributed by atoms with Crippen molar-refractivity contribution in [1.29, 1.82) is 0 Å². The fourth-order valence-corrected chi connectivity index (χ4v) is 4.57. The monoisotopic (exact) mass is 546 g/mol. The number of hydrogen-bond acceptors (Lipinski definition) is 8. The van der Waals surface area contributed by atoms with Gasteiger partial charge in [-0.05, 0) is 69.7 Å². The van der Waals surface area contributed by atoms with Gasteiger partial charge in [0.25, 0.3) is 0 Å². The number of anilines is 3. The quantitative estimate of drug-likeness (QED) is 0.481. The van der Waals surface area contributed by atoms with Gasteiger partial charge in [0.2, 0.25) is 10.0 Å². The lowest BCUT2D eigenvalue weighted by Crippen LogP contribution is -2.46. The van der Waals surface area contributed by atoms with E-state index in [-0.39, 0.29) is 23.6 Å². The number of carbonyl (C=O) groups excluding carboxylic acids is 3. The van der Waals surface area contributed by atoms with Gasteiger partial charge in [-0.1, -0.05) is 13.0 Å². The van der Waals surface area contributed by atoms with Crippen molar-refractivity contribution in [2.45, 2.75) is 59.1 Å². The molecule has 3 amide bonds. The van der Waals surface area contributed by atoms with Crippen molar-refractivity contribution in [3.05, 3.63) is 41.7 Å². The number of aryl methyl sites for hydroxylation is 1. The maximum Gasteiger partial charge on any atom is 0.413 e. The minimum absolute atomic E-state index is 0.170. The fourth-order valence-electron chi connectivity index (χ4n) is 4.07. The minimum Gasteiger partial charge on any atom is -0.444 e. The molecule has 2 atom stereocenters. The van der Waals surface area contributed by atoms with E-state index < -0.39 is 33.5 Å². The number of nitrogens with one attached hydrogen (secondary N) is 3. The highest BCUT2D eigenvalue weighted by Crippen LogP contribution is 2.33. The molecule has 0 aliphatic carbocycles. The van der Waals surface area contributed by atoms with E-state index in [1.54, 1.807) is 39.8 Å². The second kappa shape index (κ2) is 11.3. The highest BCUT2D eigenvalue weighted by Gasteiger charge is 2.34. The summed E-state index contributed by atoms with van der Waals surface area (Å²) in [7, 11) is -3.47. The molecule has 13 heteroatoms. The maximum atomic E-state index is 13.2. The van der Waals surface area contributed by atoms with Crippen molar-refractivity contribution in [2.75, 3.05) is 28.2 Å². The maximum absolute atomic E-state index is 13.2. The Morgan fingerprint density at radius 1 is 1.08 bits per heavy atom. The van der Waals surface area contributed by atoms with Gasteiger partial charge in [0, 0.05) is 12.7 Å². The largest absolute Gasteiger partial charge is 0.444 e. The summed E-state index contributed by atoms with van der Waals surface area (Å²) < 4.78 is 30.4. The predicted octanol–water partition coefficient (Wildman–Crippen LogP) is 3.44. The number of hydrogen-bond donors (Lipinski definition) is 3. The van der Waals surface area contributed by atoms with Crippen LogP contribution in [0.25, 0.3) is 0 Å². The van der Waals surface area contributed by atoms with Gasteiger partial charge in [-0.15, -0.1) is 0 Å². The molecule has 2 aromatic rings. The molecule has 206 valence electrons. The van der Waals surface area contributed by atoms with Gasteiger partial charge in [0.15, 0.2) is 0 Å². The standard InChI is InChI=1S/C25H34N6O6S/c1-15-7-9-19(17-8-10-20(26-12-17)30-38(6,35)36)31(14-15)23(33)22(32)28-18-11-16(2)21(27-13-18)29-24(34)37-25(3,4)5/h8,10-13,15,19H,7,9,14H2,1-6H3,(H,26,30)(H,28,32)(H,27,29,34). The van der Waals surface area contributed by atoms with Crippen molar-refractivity contribution in [3.8, 4) is 0 Å². The van der Waals surface area contributed by atoms with Crippen molar-refractivity contribution in [1.82, 2.24) is 14.9 Å². The van der Waals surface area contributed by atoms with E-state index in [2.05, 4.69) is 25.3 Å². The molecular weight excluding hydrogens is 512 g/mol. The van der Waals surface area contributed by atoms with Crippen LogP contribution in [-0.4, -0.2) is 59.6 Å². The molecule has 0 aromatic carbocycles. The Balaban J connectivity index is 1.71. The summed E-state index contributed by atoms with van der Waals surface area (Å²) in [6.45, 7) is 9.34. The average Bonchev–Trinajstić information content (AvgIpc) is 2.78. The second-order valence-corrected chi connectivity index (χ2v) is 12.2. The molecule has 0 radical (unpaired) electrons. The first-order valence-corrected chi connectivity index (χ1v) is 14.0. The van der Waals surface area contributed by atoms with Crippen LogP contribution in [0.15, 0.2) is 30.6 Å². The molecule has 0 saturated carbocycles. The van der Waals surface area contributed by atoms with Crippen LogP contribution in [0.5, 0.6) is 0 Å². The van der Waals surface area contributed by atoms with Gasteiger partial charge in [0.05, 0.1) is 24.2 Å². The Labute approximate surface area is 222 Å². The molecule has 3 heterocycles. The molecule has 3 N–H and O–H groups in total. The van der Waals surface area contributed by atoms with E-state index in [1.165, 1.54) is 23.4 Å². The van der Waals surface area contributed by atoms with E-state index in [9.17, 15) is 22.8 Å². The normalized spacial score (nSPS) is 17.9. The molecule has 2 unspecified atom stereocenters. The number of sulfonamides is 1. The number of likely N-dealkylation sites (tertiary alicyclic amines) is 1. The zero-order chi connectivity index (χ0) is 28.3. The first kappa shape index (κ1) is 28.8. The molecule has 1 aliphatic rings. The Morgan fingerprint density at radius 3 is 2.37 bits per heavy atom. The van der Waals surface area contributed by atoms with Crippen LogP contribution in [0.2, 0.25) is 0 Å². The molecule has 3 rings (SSSR count). The number of carbonyl (C=O) groups is 3. The van der Waals surface area contributed by atoms with E-state index in [1.807, 2.05) is 6.92 Å². The molecule has 1 saturated heterocycles. The van der Waals surface area contributed by atoms with E-state index in [0.29, 0.717) is 29.8 Å². The van der Waals surface area contributed by atoms with Gasteiger partial charge in [-0.25, -0.2) is 23.2 Å². The molecular formula is C25H34N6O6S. The van der Waals surface area contributed by atoms with Crippen molar-refractivity contribution >= 4 is 45.3 Å². The Kier molecular flexibility index (Phi) is 8.60. The number of piperidine rings is 1. The smallest absolute Gasteiger partial charge is 0.413 e. The third kappa shape index (κ3) is 8.13. The zero-order valence-corrected chi connectivity index (χ0v) is 23.2. The molecule has 12 nitrogen and oxygen atoms in total. The van der Waals surface area contributed by atoms with Crippen molar-refractivity contribution < 1.29 is 27.5 Å². The molecule has 1 fully saturated rings. The first-order chi connectivity index (χ1) is 17.6. The second-order valence-electron chi connectivity index (χ2n) is 10.5. The number of ether oxygens (including phenoxy) is 1. The summed E-state index contributed by atoms with van der Waals surface area (Å²) >= 11 is 0. The molecule has 0 spiro atoms. The number of pyridine rings is 2. The van der Waals surface area contributed by atoms with Gasteiger partial charge in [-0.2, -0.15) is 0 Å². The summed E-state index contributed by atoms with van der Waals surface area (Å²) in [6.07, 6.45) is 4.72. The van der Waals surface area contributed by atoms with Crippen LogP contribution in [-0.2, 0) is 24.3 Å². The fraction of sp³-hybridized carbons (Fsp3) is 0.480. The van der Waals surface area contributed by atoms with Crippen LogP contribution in [0.4, 0.5) is 22.1 Å². The first-order valence-electron chi connectivity index (χ1n) is 12.1. The summed E-state index contributed by atoms with van der Waals surface area (Å²) in [5.74, 6) is -0.877.